The van der Waals surface area contributed by atoms with Gasteiger partial charge in [0.25, 0.3) is 5.91 Å². The van der Waals surface area contributed by atoms with Gasteiger partial charge in [-0.2, -0.15) is 13.2 Å². The lowest BCUT2D eigenvalue weighted by Crippen LogP contribution is -2.13. The van der Waals surface area contributed by atoms with E-state index in [0.717, 1.165) is 12.1 Å². The highest BCUT2D eigenvalue weighted by Gasteiger charge is 2.30. The van der Waals surface area contributed by atoms with Crippen molar-refractivity contribution in [3.05, 3.63) is 82.0 Å². The van der Waals surface area contributed by atoms with Crippen LogP contribution in [0.1, 0.15) is 20.8 Å². The maximum atomic E-state index is 12.7. The number of halogens is 3. The normalized spacial score (nSPS) is 11.1. The number of rotatable bonds is 5. The minimum atomic E-state index is -4.47. The standard InChI is InChI=1S/C20H14F3NO3S/c21-20(22,23)14-4-1-3-13(11-14)12-18(25)27-16-8-6-15(7-9-16)24-19(26)17-5-2-10-28-17/h1-11H,12H2,(H,24,26). The second kappa shape index (κ2) is 8.26. The molecule has 0 bridgehead atoms. The second-order valence-electron chi connectivity index (χ2n) is 5.80. The molecule has 0 aliphatic carbocycles. The van der Waals surface area contributed by atoms with E-state index in [-0.39, 0.29) is 23.6 Å². The molecule has 1 heterocycles. The van der Waals surface area contributed by atoms with Crippen molar-refractivity contribution in [2.45, 2.75) is 12.6 Å². The maximum Gasteiger partial charge on any atom is 0.416 e. The average Bonchev–Trinajstić information content (AvgIpc) is 3.18. The molecular formula is C20H14F3NO3S. The lowest BCUT2D eigenvalue weighted by atomic mass is 10.1. The van der Waals surface area contributed by atoms with E-state index < -0.39 is 17.7 Å². The fraction of sp³-hybridized carbons (Fsp3) is 0.100. The number of benzene rings is 2. The van der Waals surface area contributed by atoms with Gasteiger partial charge < -0.3 is 10.1 Å². The predicted octanol–water partition coefficient (Wildman–Crippen LogP) is 5.17. The number of carbonyl (C=O) groups is 2. The molecule has 144 valence electrons. The lowest BCUT2D eigenvalue weighted by molar-refractivity contribution is -0.138. The van der Waals surface area contributed by atoms with Crippen molar-refractivity contribution in [2.75, 3.05) is 5.32 Å². The zero-order chi connectivity index (χ0) is 20.1. The highest BCUT2D eigenvalue weighted by atomic mass is 32.1. The number of anilines is 1. The summed E-state index contributed by atoms with van der Waals surface area (Å²) in [7, 11) is 0. The first-order valence-corrected chi connectivity index (χ1v) is 9.01. The molecule has 0 saturated carbocycles. The minimum Gasteiger partial charge on any atom is -0.426 e. The quantitative estimate of drug-likeness (QED) is 0.471. The van der Waals surface area contributed by atoms with E-state index in [1.54, 1.807) is 29.6 Å². The predicted molar refractivity (Wildman–Crippen MR) is 99.5 cm³/mol. The molecule has 0 aliphatic rings. The summed E-state index contributed by atoms with van der Waals surface area (Å²) in [6, 6.07) is 14.1. The molecule has 0 unspecified atom stereocenters. The molecule has 0 atom stereocenters. The highest BCUT2D eigenvalue weighted by Crippen LogP contribution is 2.29. The van der Waals surface area contributed by atoms with Gasteiger partial charge in [-0.1, -0.05) is 24.3 Å². The Morgan fingerprint density at radius 3 is 2.39 bits per heavy atom. The van der Waals surface area contributed by atoms with Crippen LogP contribution in [0.4, 0.5) is 18.9 Å². The van der Waals surface area contributed by atoms with Crippen LogP contribution in [0.2, 0.25) is 0 Å². The van der Waals surface area contributed by atoms with Crippen molar-refractivity contribution in [2.24, 2.45) is 0 Å². The van der Waals surface area contributed by atoms with Gasteiger partial charge in [-0.3, -0.25) is 9.59 Å². The van der Waals surface area contributed by atoms with E-state index in [9.17, 15) is 22.8 Å². The van der Waals surface area contributed by atoms with Crippen molar-refractivity contribution in [3.8, 4) is 5.75 Å². The molecule has 2 aromatic carbocycles. The maximum absolute atomic E-state index is 12.7. The Morgan fingerprint density at radius 2 is 1.75 bits per heavy atom. The average molecular weight is 405 g/mol. The van der Waals surface area contributed by atoms with Crippen LogP contribution in [0, 0.1) is 0 Å². The number of nitrogens with one attached hydrogen (secondary N) is 1. The van der Waals surface area contributed by atoms with Crippen LogP contribution >= 0.6 is 11.3 Å². The molecule has 0 aliphatic heterocycles. The summed E-state index contributed by atoms with van der Waals surface area (Å²) in [5, 5.41) is 4.50. The van der Waals surface area contributed by atoms with Crippen molar-refractivity contribution >= 4 is 28.9 Å². The van der Waals surface area contributed by atoms with Crippen LogP contribution < -0.4 is 10.1 Å². The fourth-order valence-electron chi connectivity index (χ4n) is 2.40. The van der Waals surface area contributed by atoms with E-state index in [4.69, 9.17) is 4.74 Å². The Balaban J connectivity index is 1.58. The SMILES string of the molecule is O=C(Cc1cccc(C(F)(F)F)c1)Oc1ccc(NC(=O)c2cccs2)cc1. The molecule has 0 radical (unpaired) electrons. The van der Waals surface area contributed by atoms with Crippen LogP contribution in [0.25, 0.3) is 0 Å². The van der Waals surface area contributed by atoms with Crippen LogP contribution in [0.3, 0.4) is 0 Å². The van der Waals surface area contributed by atoms with Crippen LogP contribution in [0.5, 0.6) is 5.75 Å². The summed E-state index contributed by atoms with van der Waals surface area (Å²) < 4.78 is 43.3. The molecule has 0 saturated heterocycles. The van der Waals surface area contributed by atoms with Crippen LogP contribution in [-0.4, -0.2) is 11.9 Å². The van der Waals surface area contributed by atoms with Gasteiger partial charge in [0.1, 0.15) is 5.75 Å². The van der Waals surface area contributed by atoms with Gasteiger partial charge in [0.05, 0.1) is 16.9 Å². The topological polar surface area (TPSA) is 55.4 Å². The van der Waals surface area contributed by atoms with E-state index in [2.05, 4.69) is 5.32 Å². The molecule has 1 aromatic heterocycles. The number of hydrogen-bond acceptors (Lipinski definition) is 4. The smallest absolute Gasteiger partial charge is 0.416 e. The summed E-state index contributed by atoms with van der Waals surface area (Å²) >= 11 is 1.31. The molecule has 28 heavy (non-hydrogen) atoms. The molecule has 0 fully saturated rings. The van der Waals surface area contributed by atoms with E-state index in [1.165, 1.54) is 35.6 Å². The van der Waals surface area contributed by atoms with Gasteiger partial charge in [0.2, 0.25) is 0 Å². The third-order valence-corrected chi connectivity index (χ3v) is 4.56. The lowest BCUT2D eigenvalue weighted by Gasteiger charge is -2.09. The zero-order valence-electron chi connectivity index (χ0n) is 14.3. The van der Waals surface area contributed by atoms with E-state index in [1.807, 2.05) is 0 Å². The summed E-state index contributed by atoms with van der Waals surface area (Å²) in [5.41, 5.74) is -0.0839. The molecular weight excluding hydrogens is 391 g/mol. The van der Waals surface area contributed by atoms with Gasteiger partial charge in [-0.15, -0.1) is 11.3 Å². The summed E-state index contributed by atoms with van der Waals surface area (Å²) in [6.45, 7) is 0. The van der Waals surface area contributed by atoms with Crippen molar-refractivity contribution in [1.82, 2.24) is 0 Å². The summed E-state index contributed by atoms with van der Waals surface area (Å²) in [5.74, 6) is -0.704. The minimum absolute atomic E-state index is 0.208. The second-order valence-corrected chi connectivity index (χ2v) is 6.75. The van der Waals surface area contributed by atoms with Crippen LogP contribution in [0.15, 0.2) is 66.0 Å². The van der Waals surface area contributed by atoms with E-state index in [0.29, 0.717) is 10.6 Å². The number of ether oxygens (including phenoxy) is 1. The number of amides is 1. The number of thiophene rings is 1. The highest BCUT2D eigenvalue weighted by molar-refractivity contribution is 7.12. The molecule has 8 heteroatoms. The Morgan fingerprint density at radius 1 is 1.00 bits per heavy atom. The first kappa shape index (κ1) is 19.6. The van der Waals surface area contributed by atoms with Gasteiger partial charge in [0.15, 0.2) is 0 Å². The first-order chi connectivity index (χ1) is 13.3. The largest absolute Gasteiger partial charge is 0.426 e. The Bertz CT molecular complexity index is 967. The monoisotopic (exact) mass is 405 g/mol. The van der Waals surface area contributed by atoms with Gasteiger partial charge >= 0.3 is 12.1 Å². The first-order valence-electron chi connectivity index (χ1n) is 8.13. The Kier molecular flexibility index (Phi) is 5.79. The number of esters is 1. The van der Waals surface area contributed by atoms with Gasteiger partial charge in [-0.05, 0) is 47.3 Å². The third-order valence-electron chi connectivity index (χ3n) is 3.69. The Labute approximate surface area is 162 Å². The van der Waals surface area contributed by atoms with Crippen molar-refractivity contribution in [3.63, 3.8) is 0 Å². The van der Waals surface area contributed by atoms with Crippen LogP contribution in [-0.2, 0) is 17.4 Å². The summed E-state index contributed by atoms with van der Waals surface area (Å²) in [6.07, 6.45) is -4.76. The zero-order valence-corrected chi connectivity index (χ0v) is 15.1. The molecule has 0 spiro atoms. The third kappa shape index (κ3) is 5.20. The van der Waals surface area contributed by atoms with Crippen molar-refractivity contribution in [1.29, 1.82) is 0 Å². The summed E-state index contributed by atoms with van der Waals surface area (Å²) in [4.78, 5) is 24.5. The number of carbonyl (C=O) groups excluding carboxylic acids is 2. The Hall–Kier alpha value is -3.13. The molecule has 1 amide bonds. The number of hydrogen-bond donors (Lipinski definition) is 1. The molecule has 1 N–H and O–H groups in total. The number of alkyl halides is 3. The van der Waals surface area contributed by atoms with Gasteiger partial charge in [-0.25, -0.2) is 0 Å². The van der Waals surface area contributed by atoms with Gasteiger partial charge in [0, 0.05) is 5.69 Å². The van der Waals surface area contributed by atoms with Crippen molar-refractivity contribution < 1.29 is 27.5 Å². The fourth-order valence-corrected chi connectivity index (χ4v) is 3.02. The molecule has 3 rings (SSSR count). The molecule has 4 nitrogen and oxygen atoms in total. The van der Waals surface area contributed by atoms with E-state index >= 15 is 0 Å². The molecule has 3 aromatic rings.